The summed E-state index contributed by atoms with van der Waals surface area (Å²) in [7, 11) is 1.76. The van der Waals surface area contributed by atoms with Gasteiger partial charge in [0.1, 0.15) is 0 Å². The minimum Gasteiger partial charge on any atom is -0.399 e. The fourth-order valence-corrected chi connectivity index (χ4v) is 2.13. The largest absolute Gasteiger partial charge is 0.399 e. The molecule has 0 spiro atoms. The van der Waals surface area contributed by atoms with Crippen LogP contribution in [0, 0.1) is 0 Å². The van der Waals surface area contributed by atoms with Crippen LogP contribution in [-0.4, -0.2) is 20.3 Å². The lowest BCUT2D eigenvalue weighted by molar-refractivity contribution is -0.0947. The molecular formula is C12H17NO2. The molecule has 82 valence electrons. The molecule has 0 amide bonds. The lowest BCUT2D eigenvalue weighted by Gasteiger charge is -2.36. The summed E-state index contributed by atoms with van der Waals surface area (Å²) < 4.78 is 11.1. The summed E-state index contributed by atoms with van der Waals surface area (Å²) in [6.45, 7) is 1.51. The van der Waals surface area contributed by atoms with Crippen LogP contribution in [0.1, 0.15) is 18.4 Å². The highest BCUT2D eigenvalue weighted by molar-refractivity contribution is 5.42. The Hall–Kier alpha value is -1.06. The van der Waals surface area contributed by atoms with Crippen molar-refractivity contribution in [2.75, 3.05) is 26.1 Å². The van der Waals surface area contributed by atoms with Gasteiger partial charge in [0.15, 0.2) is 0 Å². The number of anilines is 1. The van der Waals surface area contributed by atoms with Crippen LogP contribution < -0.4 is 5.73 Å². The van der Waals surface area contributed by atoms with Crippen LogP contribution in [-0.2, 0) is 15.1 Å². The standard InChI is InChI=1S/C12H17NO2/c1-14-12(5-7-15-8-6-12)10-3-2-4-11(13)9-10/h2-4,9H,5-8,13H2,1H3. The summed E-state index contributed by atoms with van der Waals surface area (Å²) in [5.41, 5.74) is 7.54. The van der Waals surface area contributed by atoms with Crippen molar-refractivity contribution in [3.63, 3.8) is 0 Å². The van der Waals surface area contributed by atoms with Crippen molar-refractivity contribution >= 4 is 5.69 Å². The van der Waals surface area contributed by atoms with E-state index in [0.29, 0.717) is 0 Å². The molecule has 0 bridgehead atoms. The summed E-state index contributed by atoms with van der Waals surface area (Å²) in [6, 6.07) is 7.94. The maximum Gasteiger partial charge on any atom is 0.0972 e. The fourth-order valence-electron chi connectivity index (χ4n) is 2.13. The molecule has 1 heterocycles. The Morgan fingerprint density at radius 3 is 2.67 bits per heavy atom. The molecule has 2 rings (SSSR count). The number of benzene rings is 1. The van der Waals surface area contributed by atoms with E-state index in [4.69, 9.17) is 15.2 Å². The predicted octanol–water partition coefficient (Wildman–Crippen LogP) is 1.92. The number of nitrogens with two attached hydrogens (primary N) is 1. The Morgan fingerprint density at radius 1 is 1.33 bits per heavy atom. The van der Waals surface area contributed by atoms with Gasteiger partial charge in [0.2, 0.25) is 0 Å². The third-order valence-electron chi connectivity index (χ3n) is 3.10. The van der Waals surface area contributed by atoms with E-state index in [1.54, 1.807) is 7.11 Å². The van der Waals surface area contributed by atoms with Crippen molar-refractivity contribution in [2.45, 2.75) is 18.4 Å². The molecule has 3 heteroatoms. The van der Waals surface area contributed by atoms with E-state index in [-0.39, 0.29) is 5.60 Å². The third-order valence-corrected chi connectivity index (χ3v) is 3.10. The minimum absolute atomic E-state index is 0.201. The van der Waals surface area contributed by atoms with Crippen LogP contribution in [0.15, 0.2) is 24.3 Å². The lowest BCUT2D eigenvalue weighted by Crippen LogP contribution is -2.35. The highest BCUT2D eigenvalue weighted by Gasteiger charge is 2.34. The Balaban J connectivity index is 2.32. The molecule has 0 atom stereocenters. The first-order chi connectivity index (χ1) is 7.27. The molecule has 0 unspecified atom stereocenters. The van der Waals surface area contributed by atoms with E-state index in [9.17, 15) is 0 Å². The smallest absolute Gasteiger partial charge is 0.0972 e. The van der Waals surface area contributed by atoms with E-state index in [0.717, 1.165) is 37.3 Å². The third kappa shape index (κ3) is 1.98. The van der Waals surface area contributed by atoms with Gasteiger partial charge in [0, 0.05) is 38.9 Å². The molecule has 0 radical (unpaired) electrons. The average Bonchev–Trinajstić information content (AvgIpc) is 2.30. The molecule has 1 aromatic carbocycles. The Bertz CT molecular complexity index is 332. The summed E-state index contributed by atoms with van der Waals surface area (Å²) >= 11 is 0. The molecule has 15 heavy (non-hydrogen) atoms. The first-order valence-corrected chi connectivity index (χ1v) is 5.26. The molecule has 1 aliphatic rings. The molecular weight excluding hydrogens is 190 g/mol. The second-order valence-corrected chi connectivity index (χ2v) is 3.94. The quantitative estimate of drug-likeness (QED) is 0.753. The number of ether oxygens (including phenoxy) is 2. The van der Waals surface area contributed by atoms with E-state index in [1.807, 2.05) is 18.2 Å². The van der Waals surface area contributed by atoms with Crippen molar-refractivity contribution in [3.8, 4) is 0 Å². The molecule has 1 aliphatic heterocycles. The second kappa shape index (κ2) is 4.21. The van der Waals surface area contributed by atoms with Gasteiger partial charge in [-0.3, -0.25) is 0 Å². The Labute approximate surface area is 90.2 Å². The van der Waals surface area contributed by atoms with Gasteiger partial charge in [-0.1, -0.05) is 12.1 Å². The zero-order valence-electron chi connectivity index (χ0n) is 9.03. The molecule has 0 aromatic heterocycles. The van der Waals surface area contributed by atoms with Gasteiger partial charge >= 0.3 is 0 Å². The Morgan fingerprint density at radius 2 is 2.07 bits per heavy atom. The second-order valence-electron chi connectivity index (χ2n) is 3.94. The first-order valence-electron chi connectivity index (χ1n) is 5.26. The minimum atomic E-state index is -0.201. The van der Waals surface area contributed by atoms with Crippen LogP contribution in [0.3, 0.4) is 0 Å². The molecule has 3 nitrogen and oxygen atoms in total. The molecule has 1 aromatic rings. The lowest BCUT2D eigenvalue weighted by atomic mass is 9.86. The van der Waals surface area contributed by atoms with Crippen molar-refractivity contribution in [2.24, 2.45) is 0 Å². The maximum atomic E-state index is 5.79. The zero-order valence-corrected chi connectivity index (χ0v) is 9.03. The number of hydrogen-bond acceptors (Lipinski definition) is 3. The number of rotatable bonds is 2. The highest BCUT2D eigenvalue weighted by atomic mass is 16.5. The summed E-state index contributed by atoms with van der Waals surface area (Å²) in [6.07, 6.45) is 1.79. The van der Waals surface area contributed by atoms with Crippen LogP contribution in [0.4, 0.5) is 5.69 Å². The Kier molecular flexibility index (Phi) is 2.93. The summed E-state index contributed by atoms with van der Waals surface area (Å²) in [4.78, 5) is 0. The fraction of sp³-hybridized carbons (Fsp3) is 0.500. The number of hydrogen-bond donors (Lipinski definition) is 1. The van der Waals surface area contributed by atoms with Gasteiger partial charge in [0.05, 0.1) is 5.60 Å². The van der Waals surface area contributed by atoms with E-state index in [2.05, 4.69) is 6.07 Å². The SMILES string of the molecule is COC1(c2cccc(N)c2)CCOCC1. The molecule has 1 saturated heterocycles. The predicted molar refractivity (Wildman–Crippen MR) is 59.6 cm³/mol. The highest BCUT2D eigenvalue weighted by Crippen LogP contribution is 2.35. The summed E-state index contributed by atoms with van der Waals surface area (Å²) in [5, 5.41) is 0. The van der Waals surface area contributed by atoms with Gasteiger partial charge in [-0.25, -0.2) is 0 Å². The molecule has 2 N–H and O–H groups in total. The van der Waals surface area contributed by atoms with Gasteiger partial charge < -0.3 is 15.2 Å². The number of nitrogen functional groups attached to an aromatic ring is 1. The van der Waals surface area contributed by atoms with Crippen molar-refractivity contribution < 1.29 is 9.47 Å². The van der Waals surface area contributed by atoms with Crippen LogP contribution >= 0.6 is 0 Å². The van der Waals surface area contributed by atoms with Gasteiger partial charge in [-0.15, -0.1) is 0 Å². The van der Waals surface area contributed by atoms with Crippen LogP contribution in [0.5, 0.6) is 0 Å². The summed E-state index contributed by atoms with van der Waals surface area (Å²) in [5.74, 6) is 0. The molecule has 0 saturated carbocycles. The molecule has 0 aliphatic carbocycles. The van der Waals surface area contributed by atoms with Gasteiger partial charge in [-0.2, -0.15) is 0 Å². The topological polar surface area (TPSA) is 44.5 Å². The van der Waals surface area contributed by atoms with Gasteiger partial charge in [-0.05, 0) is 17.7 Å². The van der Waals surface area contributed by atoms with Crippen LogP contribution in [0.2, 0.25) is 0 Å². The van der Waals surface area contributed by atoms with Crippen molar-refractivity contribution in [3.05, 3.63) is 29.8 Å². The first kappa shape index (κ1) is 10.5. The normalized spacial score (nSPS) is 20.1. The van der Waals surface area contributed by atoms with E-state index >= 15 is 0 Å². The number of methoxy groups -OCH3 is 1. The van der Waals surface area contributed by atoms with Gasteiger partial charge in [0.25, 0.3) is 0 Å². The molecule has 1 fully saturated rings. The van der Waals surface area contributed by atoms with Crippen molar-refractivity contribution in [1.29, 1.82) is 0 Å². The zero-order chi connectivity index (χ0) is 10.7. The van der Waals surface area contributed by atoms with Crippen LogP contribution in [0.25, 0.3) is 0 Å². The van der Waals surface area contributed by atoms with E-state index in [1.165, 1.54) is 0 Å². The average molecular weight is 207 g/mol. The van der Waals surface area contributed by atoms with Crippen molar-refractivity contribution in [1.82, 2.24) is 0 Å². The maximum absolute atomic E-state index is 5.79. The monoisotopic (exact) mass is 207 g/mol. The van der Waals surface area contributed by atoms with E-state index < -0.39 is 0 Å².